The lowest BCUT2D eigenvalue weighted by Crippen LogP contribution is -2.53. The van der Waals surface area contributed by atoms with Crippen LogP contribution in [0.5, 0.6) is 0 Å². The Bertz CT molecular complexity index is 535. The van der Waals surface area contributed by atoms with Gasteiger partial charge >= 0.3 is 0 Å². The minimum atomic E-state index is -0.689. The van der Waals surface area contributed by atoms with Crippen molar-refractivity contribution in [2.75, 3.05) is 6.61 Å². The van der Waals surface area contributed by atoms with Crippen LogP contribution in [0.1, 0.15) is 66.2 Å². The van der Waals surface area contributed by atoms with Crippen LogP contribution in [0, 0.1) is 28.1 Å². The fourth-order valence-electron chi connectivity index (χ4n) is 6.24. The van der Waals surface area contributed by atoms with E-state index in [9.17, 15) is 15.0 Å². The number of Topliss-reactive ketones (excluding diaryl/α,β-unsaturated/α-hetero) is 1. The molecule has 5 atom stereocenters. The van der Waals surface area contributed by atoms with E-state index in [0.717, 1.165) is 32.1 Å². The Balaban J connectivity index is 1.96. The van der Waals surface area contributed by atoms with E-state index in [2.05, 4.69) is 33.8 Å². The SMILES string of the molecule is CC1(C)CC(=O)CC2(C)C3CCC(C)(C(O)CO)C=C3CCC12. The van der Waals surface area contributed by atoms with E-state index in [1.54, 1.807) is 0 Å². The molecule has 3 aliphatic rings. The number of allylic oxidation sites excluding steroid dienone is 1. The molecule has 2 saturated carbocycles. The second kappa shape index (κ2) is 5.42. The van der Waals surface area contributed by atoms with E-state index < -0.39 is 6.10 Å². The minimum Gasteiger partial charge on any atom is -0.394 e. The Morgan fingerprint density at radius 3 is 2.57 bits per heavy atom. The van der Waals surface area contributed by atoms with Crippen LogP contribution < -0.4 is 0 Å². The van der Waals surface area contributed by atoms with Gasteiger partial charge in [0.25, 0.3) is 0 Å². The predicted molar refractivity (Wildman–Crippen MR) is 90.9 cm³/mol. The third kappa shape index (κ3) is 2.60. The van der Waals surface area contributed by atoms with Gasteiger partial charge in [0.15, 0.2) is 0 Å². The van der Waals surface area contributed by atoms with Gasteiger partial charge in [0, 0.05) is 18.3 Å². The number of ketones is 1. The highest BCUT2D eigenvalue weighted by Gasteiger charge is 2.56. The summed E-state index contributed by atoms with van der Waals surface area (Å²) in [6.45, 7) is 8.74. The van der Waals surface area contributed by atoms with Gasteiger partial charge in [-0.25, -0.2) is 0 Å². The summed E-state index contributed by atoms with van der Waals surface area (Å²) < 4.78 is 0. The quantitative estimate of drug-likeness (QED) is 0.766. The molecule has 0 aromatic rings. The lowest BCUT2D eigenvalue weighted by Gasteiger charge is -2.59. The number of carbonyl (C=O) groups excluding carboxylic acids is 1. The fourth-order valence-corrected chi connectivity index (χ4v) is 6.24. The highest BCUT2D eigenvalue weighted by molar-refractivity contribution is 5.81. The molecular weight excluding hydrogens is 288 g/mol. The summed E-state index contributed by atoms with van der Waals surface area (Å²) in [5.74, 6) is 1.48. The van der Waals surface area contributed by atoms with Gasteiger partial charge in [-0.05, 0) is 48.3 Å². The Hall–Kier alpha value is -0.670. The Labute approximate surface area is 140 Å². The second-order valence-electron chi connectivity index (χ2n) is 9.49. The Morgan fingerprint density at radius 1 is 1.22 bits per heavy atom. The summed E-state index contributed by atoms with van der Waals surface area (Å²) >= 11 is 0. The van der Waals surface area contributed by atoms with E-state index >= 15 is 0 Å². The molecule has 0 spiro atoms. The molecule has 2 fully saturated rings. The summed E-state index contributed by atoms with van der Waals surface area (Å²) in [6.07, 6.45) is 7.12. The Kier molecular flexibility index (Phi) is 4.04. The van der Waals surface area contributed by atoms with E-state index in [1.807, 2.05) is 0 Å². The van der Waals surface area contributed by atoms with Crippen LogP contribution in [0.15, 0.2) is 11.6 Å². The van der Waals surface area contributed by atoms with Gasteiger partial charge in [-0.15, -0.1) is 0 Å². The van der Waals surface area contributed by atoms with Crippen molar-refractivity contribution >= 4 is 5.78 Å². The zero-order valence-corrected chi connectivity index (χ0v) is 15.1. The number of fused-ring (bicyclic) bond motifs is 3. The van der Waals surface area contributed by atoms with Crippen LogP contribution in [0.25, 0.3) is 0 Å². The van der Waals surface area contributed by atoms with Crippen LogP contribution in [-0.2, 0) is 4.79 Å². The molecular formula is C20H32O3. The minimum absolute atomic E-state index is 0.0639. The van der Waals surface area contributed by atoms with Crippen LogP contribution in [0.3, 0.4) is 0 Å². The average Bonchev–Trinajstić information content (AvgIpc) is 2.43. The van der Waals surface area contributed by atoms with Crippen molar-refractivity contribution in [1.29, 1.82) is 0 Å². The van der Waals surface area contributed by atoms with E-state index in [4.69, 9.17) is 0 Å². The van der Waals surface area contributed by atoms with Gasteiger partial charge in [0.05, 0.1) is 12.7 Å². The molecule has 0 saturated heterocycles. The van der Waals surface area contributed by atoms with E-state index in [1.165, 1.54) is 5.57 Å². The summed E-state index contributed by atoms with van der Waals surface area (Å²) in [7, 11) is 0. The summed E-state index contributed by atoms with van der Waals surface area (Å²) in [5.41, 5.74) is 1.27. The summed E-state index contributed by atoms with van der Waals surface area (Å²) in [4.78, 5) is 12.4. The molecule has 0 bridgehead atoms. The number of rotatable bonds is 2. The summed E-state index contributed by atoms with van der Waals surface area (Å²) in [6, 6.07) is 0. The number of hydrogen-bond acceptors (Lipinski definition) is 3. The molecule has 0 amide bonds. The van der Waals surface area contributed by atoms with Crippen molar-refractivity contribution in [1.82, 2.24) is 0 Å². The maximum Gasteiger partial charge on any atom is 0.134 e. The standard InChI is InChI=1S/C20H32O3/c1-18(2)10-14(22)11-20(4)15-7-8-19(3,17(23)12-21)9-13(15)5-6-16(18)20/h9,15-17,21,23H,5-8,10-12H2,1-4H3. The molecule has 3 rings (SSSR count). The molecule has 2 N–H and O–H groups in total. The highest BCUT2D eigenvalue weighted by Crippen LogP contribution is 2.63. The molecule has 0 radical (unpaired) electrons. The first-order chi connectivity index (χ1) is 10.6. The molecule has 3 heteroatoms. The maximum absolute atomic E-state index is 12.4. The average molecular weight is 320 g/mol. The molecule has 0 heterocycles. The predicted octanol–water partition coefficient (Wildman–Crippen LogP) is 3.49. The lowest BCUT2D eigenvalue weighted by atomic mass is 9.45. The van der Waals surface area contributed by atoms with Crippen molar-refractivity contribution in [3.63, 3.8) is 0 Å². The molecule has 3 nitrogen and oxygen atoms in total. The molecule has 130 valence electrons. The first kappa shape index (κ1) is 17.2. The maximum atomic E-state index is 12.4. The molecule has 0 aliphatic heterocycles. The molecule has 5 unspecified atom stereocenters. The van der Waals surface area contributed by atoms with Gasteiger partial charge < -0.3 is 10.2 Å². The van der Waals surface area contributed by atoms with E-state index in [-0.39, 0.29) is 22.9 Å². The first-order valence-electron chi connectivity index (χ1n) is 9.15. The van der Waals surface area contributed by atoms with Gasteiger partial charge in [0.1, 0.15) is 5.78 Å². The number of hydrogen-bond donors (Lipinski definition) is 2. The third-order valence-electron chi connectivity index (χ3n) is 7.36. The Morgan fingerprint density at radius 2 is 1.91 bits per heavy atom. The van der Waals surface area contributed by atoms with Crippen LogP contribution in [0.2, 0.25) is 0 Å². The third-order valence-corrected chi connectivity index (χ3v) is 7.36. The lowest BCUT2D eigenvalue weighted by molar-refractivity contribution is -0.139. The zero-order chi connectivity index (χ0) is 17.0. The van der Waals surface area contributed by atoms with Gasteiger partial charge in [-0.3, -0.25) is 4.79 Å². The van der Waals surface area contributed by atoms with Crippen LogP contribution >= 0.6 is 0 Å². The van der Waals surface area contributed by atoms with Crippen LogP contribution in [0.4, 0.5) is 0 Å². The highest BCUT2D eigenvalue weighted by atomic mass is 16.3. The van der Waals surface area contributed by atoms with Crippen LogP contribution in [-0.4, -0.2) is 28.7 Å². The zero-order valence-electron chi connectivity index (χ0n) is 15.1. The van der Waals surface area contributed by atoms with Crippen molar-refractivity contribution in [2.24, 2.45) is 28.1 Å². The van der Waals surface area contributed by atoms with Gasteiger partial charge in [-0.1, -0.05) is 39.3 Å². The molecule has 3 aliphatic carbocycles. The summed E-state index contributed by atoms with van der Waals surface area (Å²) in [5, 5.41) is 19.6. The van der Waals surface area contributed by atoms with E-state index in [0.29, 0.717) is 24.0 Å². The molecule has 0 aromatic carbocycles. The number of aliphatic hydroxyl groups is 2. The topological polar surface area (TPSA) is 57.5 Å². The van der Waals surface area contributed by atoms with Crippen molar-refractivity contribution in [3.05, 3.63) is 11.6 Å². The van der Waals surface area contributed by atoms with Crippen molar-refractivity contribution in [2.45, 2.75) is 72.3 Å². The molecule has 23 heavy (non-hydrogen) atoms. The van der Waals surface area contributed by atoms with Gasteiger partial charge in [0.2, 0.25) is 0 Å². The smallest absolute Gasteiger partial charge is 0.134 e. The fraction of sp³-hybridized carbons (Fsp3) is 0.850. The largest absolute Gasteiger partial charge is 0.394 e. The van der Waals surface area contributed by atoms with Crippen molar-refractivity contribution in [3.8, 4) is 0 Å². The van der Waals surface area contributed by atoms with Gasteiger partial charge in [-0.2, -0.15) is 0 Å². The monoisotopic (exact) mass is 320 g/mol. The number of carbonyl (C=O) groups is 1. The van der Waals surface area contributed by atoms with Crippen molar-refractivity contribution < 1.29 is 15.0 Å². The first-order valence-corrected chi connectivity index (χ1v) is 9.15. The molecule has 0 aromatic heterocycles. The normalized spacial score (nSPS) is 44.1. The second-order valence-corrected chi connectivity index (χ2v) is 9.49. The number of aliphatic hydroxyl groups excluding tert-OH is 2.